The van der Waals surface area contributed by atoms with Crippen LogP contribution in [0.5, 0.6) is 0 Å². The van der Waals surface area contributed by atoms with Crippen molar-refractivity contribution in [2.75, 3.05) is 21.1 Å². The molecule has 0 aliphatic carbocycles. The number of carboxylic acid groups (broad SMARTS) is 1. The number of hydrogen-bond acceptors (Lipinski definition) is 2. The highest BCUT2D eigenvalue weighted by Gasteiger charge is 2.06. The van der Waals surface area contributed by atoms with Crippen molar-refractivity contribution in [1.82, 2.24) is 0 Å². The van der Waals surface area contributed by atoms with Gasteiger partial charge in [0.2, 0.25) is 0 Å². The Balaban J connectivity index is 0.000000423. The Kier molecular flexibility index (Phi) is 5.64. The van der Waals surface area contributed by atoms with Crippen molar-refractivity contribution in [2.45, 2.75) is 13.5 Å². The Morgan fingerprint density at radius 3 is 1.93 bits per heavy atom. The molecule has 0 amide bonds. The second kappa shape index (κ2) is 6.19. The lowest BCUT2D eigenvalue weighted by atomic mass is 10.2. The van der Waals surface area contributed by atoms with Crippen LogP contribution in [-0.2, 0) is 11.3 Å². The molecule has 0 spiro atoms. The Morgan fingerprint density at radius 1 is 1.20 bits per heavy atom. The van der Waals surface area contributed by atoms with E-state index in [2.05, 4.69) is 51.5 Å². The van der Waals surface area contributed by atoms with Gasteiger partial charge < -0.3 is 14.4 Å². The van der Waals surface area contributed by atoms with Crippen molar-refractivity contribution in [2.24, 2.45) is 0 Å². The van der Waals surface area contributed by atoms with Gasteiger partial charge in [-0.15, -0.1) is 0 Å². The van der Waals surface area contributed by atoms with E-state index in [9.17, 15) is 0 Å². The second-order valence-corrected chi connectivity index (χ2v) is 4.43. The monoisotopic (exact) mass is 209 g/mol. The Morgan fingerprint density at radius 2 is 1.60 bits per heavy atom. The van der Waals surface area contributed by atoms with Gasteiger partial charge in [-0.2, -0.15) is 0 Å². The van der Waals surface area contributed by atoms with Gasteiger partial charge in [-0.05, 0) is 6.92 Å². The third-order valence-electron chi connectivity index (χ3n) is 1.50. The lowest BCUT2D eigenvalue weighted by Gasteiger charge is -2.23. The molecule has 15 heavy (non-hydrogen) atoms. The Bertz CT molecular complexity index is 284. The van der Waals surface area contributed by atoms with E-state index in [0.717, 1.165) is 18.0 Å². The number of rotatable bonds is 2. The average molecular weight is 209 g/mol. The molecule has 0 bridgehead atoms. The van der Waals surface area contributed by atoms with Crippen LogP contribution in [0.25, 0.3) is 0 Å². The molecular weight excluding hydrogens is 190 g/mol. The maximum atomic E-state index is 8.89. The summed E-state index contributed by atoms with van der Waals surface area (Å²) in [7, 11) is 6.60. The summed E-state index contributed by atoms with van der Waals surface area (Å²) in [4.78, 5) is 8.89. The van der Waals surface area contributed by atoms with Gasteiger partial charge >= 0.3 is 0 Å². The lowest BCUT2D eigenvalue weighted by molar-refractivity contribution is -0.884. The molecule has 1 rings (SSSR count). The summed E-state index contributed by atoms with van der Waals surface area (Å²) in [5.41, 5.74) is 1.40. The number of nitrogens with zero attached hydrogens (tertiary/aromatic N) is 1. The summed E-state index contributed by atoms with van der Waals surface area (Å²) in [6, 6.07) is 10.6. The third-order valence-corrected chi connectivity index (χ3v) is 1.50. The van der Waals surface area contributed by atoms with E-state index in [4.69, 9.17) is 9.90 Å². The minimum Gasteiger partial charge on any atom is -0.550 e. The van der Waals surface area contributed by atoms with E-state index in [1.165, 1.54) is 5.56 Å². The van der Waals surface area contributed by atoms with Crippen LogP contribution in [0.1, 0.15) is 12.5 Å². The number of aliphatic carboxylic acids is 1. The second-order valence-electron chi connectivity index (χ2n) is 4.43. The topological polar surface area (TPSA) is 40.1 Å². The first-order valence-corrected chi connectivity index (χ1v) is 4.83. The van der Waals surface area contributed by atoms with Crippen molar-refractivity contribution >= 4 is 5.97 Å². The highest BCUT2D eigenvalue weighted by Crippen LogP contribution is 2.04. The molecule has 3 nitrogen and oxygen atoms in total. The molecule has 0 aliphatic rings. The number of carbonyl (C=O) groups excluding carboxylic acids is 1. The fraction of sp³-hybridized carbons (Fsp3) is 0.417. The fourth-order valence-corrected chi connectivity index (χ4v) is 1.13. The zero-order valence-corrected chi connectivity index (χ0v) is 9.86. The number of carbonyl (C=O) groups is 1. The number of carboxylic acids is 1. The predicted octanol–water partition coefficient (Wildman–Crippen LogP) is 0.649. The SMILES string of the molecule is CC(=O)[O-].C[N+](C)(C)Cc1ccccc1. The van der Waals surface area contributed by atoms with E-state index in [-0.39, 0.29) is 0 Å². The molecule has 0 N–H and O–H groups in total. The fourth-order valence-electron chi connectivity index (χ4n) is 1.13. The van der Waals surface area contributed by atoms with Gasteiger partial charge in [0.1, 0.15) is 6.54 Å². The first-order chi connectivity index (χ1) is 6.81. The van der Waals surface area contributed by atoms with Crippen LogP contribution < -0.4 is 5.11 Å². The molecule has 0 fully saturated rings. The molecule has 0 aliphatic heterocycles. The predicted molar refractivity (Wildman–Crippen MR) is 58.9 cm³/mol. The molecule has 1 aromatic rings. The molecule has 0 heterocycles. The quantitative estimate of drug-likeness (QED) is 0.671. The van der Waals surface area contributed by atoms with Crippen LogP contribution in [0.2, 0.25) is 0 Å². The van der Waals surface area contributed by atoms with Gasteiger partial charge in [0.15, 0.2) is 0 Å². The van der Waals surface area contributed by atoms with Crippen molar-refractivity contribution in [3.63, 3.8) is 0 Å². The van der Waals surface area contributed by atoms with E-state index in [1.807, 2.05) is 0 Å². The smallest absolute Gasteiger partial charge is 0.104 e. The maximum absolute atomic E-state index is 8.89. The van der Waals surface area contributed by atoms with Crippen molar-refractivity contribution < 1.29 is 14.4 Å². The molecule has 0 saturated heterocycles. The summed E-state index contributed by atoms with van der Waals surface area (Å²) in [5, 5.41) is 8.89. The summed E-state index contributed by atoms with van der Waals surface area (Å²) in [6.45, 7) is 2.07. The number of quaternary nitrogens is 1. The van der Waals surface area contributed by atoms with Crippen LogP contribution in [-0.4, -0.2) is 31.6 Å². The summed E-state index contributed by atoms with van der Waals surface area (Å²) in [5.74, 6) is -1.08. The molecule has 0 radical (unpaired) electrons. The largest absolute Gasteiger partial charge is 0.550 e. The van der Waals surface area contributed by atoms with E-state index in [0.29, 0.717) is 0 Å². The van der Waals surface area contributed by atoms with E-state index < -0.39 is 5.97 Å². The van der Waals surface area contributed by atoms with Crippen molar-refractivity contribution in [3.8, 4) is 0 Å². The molecule has 0 aromatic heterocycles. The molecule has 0 saturated carbocycles. The standard InChI is InChI=1S/C10H16N.C2H4O2/c1-11(2,3)9-10-7-5-4-6-8-10;1-2(3)4/h4-8H,9H2,1-3H3;1H3,(H,3,4)/q+1;/p-1. The first kappa shape index (κ1) is 13.7. The highest BCUT2D eigenvalue weighted by molar-refractivity contribution is 5.60. The lowest BCUT2D eigenvalue weighted by Crippen LogP contribution is -2.33. The molecular formula is C12H19NO2. The van der Waals surface area contributed by atoms with E-state index in [1.54, 1.807) is 0 Å². The van der Waals surface area contributed by atoms with Crippen LogP contribution in [0.15, 0.2) is 30.3 Å². The zero-order chi connectivity index (χ0) is 11.9. The Labute approximate surface area is 91.6 Å². The molecule has 1 aromatic carbocycles. The highest BCUT2D eigenvalue weighted by atomic mass is 16.4. The van der Waals surface area contributed by atoms with Gasteiger partial charge in [0, 0.05) is 11.5 Å². The first-order valence-electron chi connectivity index (χ1n) is 4.83. The van der Waals surface area contributed by atoms with Crippen LogP contribution in [0, 0.1) is 0 Å². The van der Waals surface area contributed by atoms with Gasteiger partial charge in [-0.25, -0.2) is 0 Å². The zero-order valence-electron chi connectivity index (χ0n) is 9.86. The Hall–Kier alpha value is -1.35. The summed E-state index contributed by atoms with van der Waals surface area (Å²) >= 11 is 0. The van der Waals surface area contributed by atoms with Crippen molar-refractivity contribution in [3.05, 3.63) is 35.9 Å². The number of hydrogen-bond donors (Lipinski definition) is 0. The van der Waals surface area contributed by atoms with E-state index >= 15 is 0 Å². The van der Waals surface area contributed by atoms with Crippen LogP contribution >= 0.6 is 0 Å². The number of benzene rings is 1. The van der Waals surface area contributed by atoms with Crippen LogP contribution in [0.4, 0.5) is 0 Å². The molecule has 0 atom stereocenters. The van der Waals surface area contributed by atoms with Crippen molar-refractivity contribution in [1.29, 1.82) is 0 Å². The minimum atomic E-state index is -1.08. The minimum absolute atomic E-state index is 0.972. The van der Waals surface area contributed by atoms with Gasteiger partial charge in [-0.3, -0.25) is 0 Å². The van der Waals surface area contributed by atoms with Gasteiger partial charge in [0.25, 0.3) is 0 Å². The normalized spacial score (nSPS) is 10.1. The molecule has 3 heteroatoms. The van der Waals surface area contributed by atoms with Gasteiger partial charge in [0.05, 0.1) is 21.1 Å². The summed E-state index contributed by atoms with van der Waals surface area (Å²) < 4.78 is 0.990. The van der Waals surface area contributed by atoms with Crippen LogP contribution in [0.3, 0.4) is 0 Å². The summed E-state index contributed by atoms with van der Waals surface area (Å²) in [6.07, 6.45) is 0. The molecule has 84 valence electrons. The molecule has 0 unspecified atom stereocenters. The third kappa shape index (κ3) is 10.6. The average Bonchev–Trinajstić information content (AvgIpc) is 2.01. The van der Waals surface area contributed by atoms with Gasteiger partial charge in [-0.1, -0.05) is 30.3 Å². The maximum Gasteiger partial charge on any atom is 0.104 e.